The van der Waals surface area contributed by atoms with Crippen LogP contribution in [-0.2, 0) is 17.6 Å². The van der Waals surface area contributed by atoms with Crippen LogP contribution in [0.5, 0.6) is 0 Å². The van der Waals surface area contributed by atoms with Crippen LogP contribution in [0.25, 0.3) is 0 Å². The maximum Gasteiger partial charge on any atom is 0.263 e. The average molecular weight is 762 g/mol. The number of rotatable bonds is 21. The number of aryl methyl sites for hydroxylation is 2. The minimum Gasteiger partial charge on any atom is -0.365 e. The Morgan fingerprint density at radius 3 is 1.88 bits per heavy atom. The van der Waals surface area contributed by atoms with Crippen LogP contribution in [0.15, 0.2) is 0 Å². The summed E-state index contributed by atoms with van der Waals surface area (Å²) in [5.41, 5.74) is 18.6. The maximum atomic E-state index is 14.1. The van der Waals surface area contributed by atoms with Gasteiger partial charge in [0.1, 0.15) is 14.6 Å². The summed E-state index contributed by atoms with van der Waals surface area (Å²) in [6, 6.07) is -1.66. The molecule has 51 heavy (non-hydrogen) atoms. The number of aromatic nitrogens is 3. The Bertz CT molecular complexity index is 1630. The largest absolute Gasteiger partial charge is 0.365 e. The quantitative estimate of drug-likeness (QED) is 0.0779. The third kappa shape index (κ3) is 12.4. The Labute approximate surface area is 313 Å². The molecular weight excluding hydrogens is 707 g/mol. The molecule has 0 saturated heterocycles. The first-order valence-corrected chi connectivity index (χ1v) is 20.1. The van der Waals surface area contributed by atoms with Gasteiger partial charge in [0.05, 0.1) is 50.2 Å². The molecule has 0 unspecified atom stereocenters. The van der Waals surface area contributed by atoms with Crippen LogP contribution in [0.3, 0.4) is 0 Å². The van der Waals surface area contributed by atoms with Gasteiger partial charge in [-0.1, -0.05) is 27.7 Å². The number of unbranched alkanes of at least 4 members (excludes halogenated alkanes) is 2. The zero-order valence-corrected chi connectivity index (χ0v) is 33.3. The van der Waals surface area contributed by atoms with Gasteiger partial charge in [0.25, 0.3) is 17.7 Å². The van der Waals surface area contributed by atoms with E-state index in [9.17, 15) is 19.2 Å². The number of hydrogen-bond acceptors (Lipinski definition) is 12. The Morgan fingerprint density at radius 2 is 1.27 bits per heavy atom. The SMILES string of the molecule is CC(=O)N[C@@H](CCCCN)c1nc(C)sc1C(=O)N[C@@H](CC(C)C)c1nc(CCCCN)sc1C(=O)N[C@@H](C)c1nc(CC(C)C)sc1C(N)=O. The highest BCUT2D eigenvalue weighted by Crippen LogP contribution is 2.33. The van der Waals surface area contributed by atoms with Crippen molar-refractivity contribution in [3.05, 3.63) is 46.7 Å². The third-order valence-electron chi connectivity index (χ3n) is 7.97. The topological polar surface area (TPSA) is 221 Å². The lowest BCUT2D eigenvalue weighted by Gasteiger charge is -2.22. The van der Waals surface area contributed by atoms with Crippen LogP contribution in [0, 0.1) is 18.8 Å². The number of nitrogens with zero attached hydrogens (tertiary/aromatic N) is 3. The van der Waals surface area contributed by atoms with E-state index in [2.05, 4.69) is 34.8 Å². The molecule has 4 amide bonds. The second kappa shape index (κ2) is 20.1. The summed E-state index contributed by atoms with van der Waals surface area (Å²) in [7, 11) is 0. The lowest BCUT2D eigenvalue weighted by Crippen LogP contribution is -2.34. The molecule has 16 heteroatoms. The number of hydrogen-bond donors (Lipinski definition) is 6. The molecule has 0 fully saturated rings. The minimum absolute atomic E-state index is 0.145. The van der Waals surface area contributed by atoms with E-state index in [1.54, 1.807) is 6.92 Å². The molecule has 0 aliphatic rings. The number of thiazole rings is 3. The van der Waals surface area contributed by atoms with Crippen molar-refractivity contribution in [2.45, 2.75) is 118 Å². The smallest absolute Gasteiger partial charge is 0.263 e. The van der Waals surface area contributed by atoms with Crippen LogP contribution >= 0.6 is 34.0 Å². The summed E-state index contributed by atoms with van der Waals surface area (Å²) in [5.74, 6) is -1.05. The van der Waals surface area contributed by atoms with Gasteiger partial charge in [0.2, 0.25) is 5.91 Å². The molecule has 3 atom stereocenters. The predicted molar refractivity (Wildman–Crippen MR) is 205 cm³/mol. The Kier molecular flexibility index (Phi) is 16.6. The van der Waals surface area contributed by atoms with Gasteiger partial charge in [-0.05, 0) is 83.7 Å². The highest BCUT2D eigenvalue weighted by Gasteiger charge is 2.32. The first-order chi connectivity index (χ1) is 24.1. The van der Waals surface area contributed by atoms with Gasteiger partial charge in [-0.3, -0.25) is 19.2 Å². The van der Waals surface area contributed by atoms with Crippen molar-refractivity contribution in [3.63, 3.8) is 0 Å². The molecular formula is C35H55N9O4S3. The van der Waals surface area contributed by atoms with Crippen molar-refractivity contribution >= 4 is 57.6 Å². The molecule has 3 rings (SSSR count). The predicted octanol–water partition coefficient (Wildman–Crippen LogP) is 5.26. The molecule has 3 aromatic rings. The highest BCUT2D eigenvalue weighted by atomic mass is 32.1. The third-order valence-corrected chi connectivity index (χ3v) is 11.2. The minimum atomic E-state index is -0.612. The molecule has 0 aliphatic carbocycles. The van der Waals surface area contributed by atoms with Gasteiger partial charge in [-0.2, -0.15) is 0 Å². The highest BCUT2D eigenvalue weighted by molar-refractivity contribution is 7.14. The summed E-state index contributed by atoms with van der Waals surface area (Å²) in [5, 5.41) is 11.4. The summed E-state index contributed by atoms with van der Waals surface area (Å²) < 4.78 is 0. The van der Waals surface area contributed by atoms with Gasteiger partial charge in [0, 0.05) is 13.3 Å². The molecule has 9 N–H and O–H groups in total. The fourth-order valence-corrected chi connectivity index (χ4v) is 8.89. The number of primary amides is 1. The fourth-order valence-electron chi connectivity index (χ4n) is 5.71. The van der Waals surface area contributed by atoms with Gasteiger partial charge >= 0.3 is 0 Å². The zero-order valence-electron chi connectivity index (χ0n) is 30.9. The van der Waals surface area contributed by atoms with Crippen LogP contribution in [0.1, 0.15) is 159 Å². The van der Waals surface area contributed by atoms with Crippen LogP contribution in [0.4, 0.5) is 0 Å². The van der Waals surface area contributed by atoms with Crippen LogP contribution in [-0.4, -0.2) is 51.7 Å². The molecule has 13 nitrogen and oxygen atoms in total. The van der Waals surface area contributed by atoms with Crippen molar-refractivity contribution in [3.8, 4) is 0 Å². The molecule has 3 aromatic heterocycles. The number of carbonyl (C=O) groups excluding carboxylic acids is 4. The molecule has 0 aliphatic heterocycles. The van der Waals surface area contributed by atoms with E-state index in [-0.39, 0.29) is 23.6 Å². The van der Waals surface area contributed by atoms with Crippen molar-refractivity contribution in [2.75, 3.05) is 13.1 Å². The van der Waals surface area contributed by atoms with E-state index in [1.165, 1.54) is 40.9 Å². The van der Waals surface area contributed by atoms with Crippen LogP contribution in [0.2, 0.25) is 0 Å². The normalized spacial score (nSPS) is 13.3. The summed E-state index contributed by atoms with van der Waals surface area (Å²) >= 11 is 3.82. The lowest BCUT2D eigenvalue weighted by atomic mass is 9.99. The van der Waals surface area contributed by atoms with Gasteiger partial charge in [-0.15, -0.1) is 34.0 Å². The molecule has 0 radical (unpaired) electrons. The zero-order chi connectivity index (χ0) is 37.8. The molecule has 3 heterocycles. The summed E-state index contributed by atoms with van der Waals surface area (Å²) in [6.45, 7) is 14.4. The number of amides is 4. The number of nitrogens with one attached hydrogen (secondary N) is 3. The Morgan fingerprint density at radius 1 is 0.686 bits per heavy atom. The van der Waals surface area contributed by atoms with E-state index < -0.39 is 24.0 Å². The fraction of sp³-hybridized carbons (Fsp3) is 0.629. The van der Waals surface area contributed by atoms with E-state index >= 15 is 0 Å². The first kappa shape index (κ1) is 42.1. The van der Waals surface area contributed by atoms with E-state index in [0.29, 0.717) is 81.4 Å². The standard InChI is InChI=1S/C35H55N9O4S3/c1-18(2)16-24(42-35(48)31-28(41-22(7)49-31)23(40-21(6)45)12-8-10-14-36)29-32(50-25(43-29)13-9-11-15-37)34(47)39-20(5)27-30(33(38)46)51-26(44-27)17-19(3)4/h18-20,23-24H,8-17,36-37H2,1-7H3,(H2,38,46)(H,39,47)(H,40,45)(H,42,48)/t20-,23-,24-/m0/s1. The van der Waals surface area contributed by atoms with E-state index in [1.807, 2.05) is 20.8 Å². The molecule has 282 valence electrons. The van der Waals surface area contributed by atoms with Crippen LogP contribution < -0.4 is 33.2 Å². The second-order valence-corrected chi connectivity index (χ2v) is 17.1. The number of nitrogens with two attached hydrogens (primary N) is 3. The molecule has 0 aromatic carbocycles. The maximum absolute atomic E-state index is 14.1. The Hall–Kier alpha value is -3.31. The second-order valence-electron chi connectivity index (χ2n) is 13.7. The summed E-state index contributed by atoms with van der Waals surface area (Å²) in [4.78, 5) is 68.2. The summed E-state index contributed by atoms with van der Waals surface area (Å²) in [6.07, 6.45) is 5.59. The van der Waals surface area contributed by atoms with Crippen molar-refractivity contribution in [2.24, 2.45) is 29.0 Å². The van der Waals surface area contributed by atoms with Gasteiger partial charge in [0.15, 0.2) is 0 Å². The first-order valence-electron chi connectivity index (χ1n) is 17.7. The van der Waals surface area contributed by atoms with Crippen molar-refractivity contribution < 1.29 is 19.2 Å². The molecule has 0 bridgehead atoms. The van der Waals surface area contributed by atoms with E-state index in [4.69, 9.17) is 27.2 Å². The molecule has 0 spiro atoms. The van der Waals surface area contributed by atoms with Crippen molar-refractivity contribution in [1.29, 1.82) is 0 Å². The van der Waals surface area contributed by atoms with Gasteiger partial charge < -0.3 is 33.2 Å². The van der Waals surface area contributed by atoms with E-state index in [0.717, 1.165) is 35.7 Å². The average Bonchev–Trinajstić information content (AvgIpc) is 3.77. The Balaban J connectivity index is 2.01. The lowest BCUT2D eigenvalue weighted by molar-refractivity contribution is -0.119. The van der Waals surface area contributed by atoms with Gasteiger partial charge in [-0.25, -0.2) is 15.0 Å². The monoisotopic (exact) mass is 761 g/mol. The molecule has 0 saturated carbocycles. The number of carbonyl (C=O) groups is 4. The van der Waals surface area contributed by atoms with Crippen molar-refractivity contribution in [1.82, 2.24) is 30.9 Å².